The number of furan rings is 1. The van der Waals surface area contributed by atoms with Gasteiger partial charge in [-0.2, -0.15) is 0 Å². The van der Waals surface area contributed by atoms with E-state index in [0.717, 1.165) is 16.5 Å². The van der Waals surface area contributed by atoms with Gasteiger partial charge >= 0.3 is 0 Å². The predicted octanol–water partition coefficient (Wildman–Crippen LogP) is 3.14. The van der Waals surface area contributed by atoms with Gasteiger partial charge in [0.25, 0.3) is 0 Å². The highest BCUT2D eigenvalue weighted by Crippen LogP contribution is 2.28. The largest absolute Gasteiger partial charge is 0.464 e. The summed E-state index contributed by atoms with van der Waals surface area (Å²) in [5.41, 5.74) is 1.53. The Morgan fingerprint density at radius 3 is 2.92 bits per heavy atom. The van der Waals surface area contributed by atoms with E-state index in [9.17, 15) is 5.11 Å². The molecule has 1 aromatic heterocycles. The van der Waals surface area contributed by atoms with Crippen LogP contribution in [0.3, 0.4) is 0 Å². The molecule has 1 atom stereocenters. The summed E-state index contributed by atoms with van der Waals surface area (Å²) in [6.07, 6.45) is 1.03. The van der Waals surface area contributed by atoms with Crippen molar-refractivity contribution in [3.63, 3.8) is 0 Å². The first-order valence-corrected chi connectivity index (χ1v) is 4.41. The third kappa shape index (κ3) is 1.43. The highest BCUT2D eigenvalue weighted by Gasteiger charge is 2.10. The lowest BCUT2D eigenvalue weighted by Gasteiger charge is -1.99. The van der Waals surface area contributed by atoms with Crippen LogP contribution < -0.4 is 0 Å². The third-order valence-corrected chi connectivity index (χ3v) is 2.25. The Kier molecular flexibility index (Phi) is 2.02. The lowest BCUT2D eigenvalue weighted by Crippen LogP contribution is -1.87. The van der Waals surface area contributed by atoms with Crippen molar-refractivity contribution < 1.29 is 9.52 Å². The van der Waals surface area contributed by atoms with Gasteiger partial charge in [-0.3, -0.25) is 0 Å². The van der Waals surface area contributed by atoms with Crippen molar-refractivity contribution >= 4 is 22.6 Å². The SMILES string of the molecule is CC(O)c1coc2ccc(Cl)cc12. The van der Waals surface area contributed by atoms with E-state index in [2.05, 4.69) is 0 Å². The summed E-state index contributed by atoms with van der Waals surface area (Å²) >= 11 is 5.83. The van der Waals surface area contributed by atoms with Gasteiger partial charge in [0.1, 0.15) is 5.58 Å². The van der Waals surface area contributed by atoms with Gasteiger partial charge in [-0.05, 0) is 25.1 Å². The molecule has 0 aliphatic carbocycles. The van der Waals surface area contributed by atoms with Crippen molar-refractivity contribution in [2.75, 3.05) is 0 Å². The minimum absolute atomic E-state index is 0.528. The van der Waals surface area contributed by atoms with Crippen molar-refractivity contribution in [2.24, 2.45) is 0 Å². The maximum absolute atomic E-state index is 9.40. The molecule has 0 radical (unpaired) electrons. The minimum Gasteiger partial charge on any atom is -0.464 e. The van der Waals surface area contributed by atoms with Gasteiger partial charge in [0.15, 0.2) is 0 Å². The van der Waals surface area contributed by atoms with Crippen LogP contribution in [0.1, 0.15) is 18.6 Å². The Hall–Kier alpha value is -0.990. The minimum atomic E-state index is -0.528. The van der Waals surface area contributed by atoms with Crippen molar-refractivity contribution in [1.82, 2.24) is 0 Å². The normalized spacial score (nSPS) is 13.5. The molecule has 0 fully saturated rings. The molecule has 68 valence electrons. The molecule has 2 nitrogen and oxygen atoms in total. The lowest BCUT2D eigenvalue weighted by atomic mass is 10.1. The zero-order valence-corrected chi connectivity index (χ0v) is 7.88. The predicted molar refractivity (Wildman–Crippen MR) is 51.9 cm³/mol. The molecule has 3 heteroatoms. The Labute approximate surface area is 80.7 Å². The molecular formula is C10H9ClO2. The van der Waals surface area contributed by atoms with Gasteiger partial charge < -0.3 is 9.52 Å². The van der Waals surface area contributed by atoms with E-state index in [1.807, 2.05) is 0 Å². The smallest absolute Gasteiger partial charge is 0.134 e. The number of aliphatic hydroxyl groups is 1. The lowest BCUT2D eigenvalue weighted by molar-refractivity contribution is 0.199. The number of hydrogen-bond acceptors (Lipinski definition) is 2. The standard InChI is InChI=1S/C10H9ClO2/c1-6(12)9-5-13-10-3-2-7(11)4-8(9)10/h2-6,12H,1H3. The second kappa shape index (κ2) is 3.05. The fourth-order valence-electron chi connectivity index (χ4n) is 1.34. The average Bonchev–Trinajstić information content (AvgIpc) is 2.46. The quantitative estimate of drug-likeness (QED) is 0.760. The summed E-state index contributed by atoms with van der Waals surface area (Å²) in [6.45, 7) is 1.70. The van der Waals surface area contributed by atoms with Crippen LogP contribution in [0.4, 0.5) is 0 Å². The average molecular weight is 197 g/mol. The van der Waals surface area contributed by atoms with Crippen LogP contribution in [0.15, 0.2) is 28.9 Å². The first-order chi connectivity index (χ1) is 6.18. The zero-order chi connectivity index (χ0) is 9.42. The Morgan fingerprint density at radius 1 is 1.46 bits per heavy atom. The molecule has 0 aliphatic heterocycles. The second-order valence-corrected chi connectivity index (χ2v) is 3.44. The number of rotatable bonds is 1. The molecular weight excluding hydrogens is 188 g/mol. The number of halogens is 1. The monoisotopic (exact) mass is 196 g/mol. The number of fused-ring (bicyclic) bond motifs is 1. The summed E-state index contributed by atoms with van der Waals surface area (Å²) in [5.74, 6) is 0. The van der Waals surface area contributed by atoms with Gasteiger partial charge in [0, 0.05) is 16.0 Å². The van der Waals surface area contributed by atoms with Gasteiger partial charge in [0.05, 0.1) is 12.4 Å². The molecule has 2 aromatic rings. The summed E-state index contributed by atoms with van der Waals surface area (Å²) in [7, 11) is 0. The first kappa shape index (κ1) is 8.60. The van der Waals surface area contributed by atoms with Crippen molar-refractivity contribution in [1.29, 1.82) is 0 Å². The highest BCUT2D eigenvalue weighted by atomic mass is 35.5. The molecule has 0 bridgehead atoms. The molecule has 0 aliphatic rings. The van der Waals surface area contributed by atoms with E-state index in [4.69, 9.17) is 16.0 Å². The number of hydrogen-bond donors (Lipinski definition) is 1. The van der Waals surface area contributed by atoms with Crippen LogP contribution >= 0.6 is 11.6 Å². The topological polar surface area (TPSA) is 33.4 Å². The van der Waals surface area contributed by atoms with E-state index < -0.39 is 6.10 Å². The highest BCUT2D eigenvalue weighted by molar-refractivity contribution is 6.31. The van der Waals surface area contributed by atoms with E-state index in [0.29, 0.717) is 5.02 Å². The fraction of sp³-hybridized carbons (Fsp3) is 0.200. The summed E-state index contributed by atoms with van der Waals surface area (Å²) in [4.78, 5) is 0. The third-order valence-electron chi connectivity index (χ3n) is 2.02. The molecule has 0 spiro atoms. The molecule has 1 heterocycles. The Balaban J connectivity index is 2.71. The van der Waals surface area contributed by atoms with Crippen LogP contribution in [0.25, 0.3) is 11.0 Å². The molecule has 0 amide bonds. The number of benzene rings is 1. The maximum Gasteiger partial charge on any atom is 0.134 e. The zero-order valence-electron chi connectivity index (χ0n) is 7.12. The van der Waals surface area contributed by atoms with Crippen molar-refractivity contribution in [3.05, 3.63) is 35.0 Å². The van der Waals surface area contributed by atoms with Crippen molar-refractivity contribution in [3.8, 4) is 0 Å². The van der Waals surface area contributed by atoms with Crippen LogP contribution in [-0.2, 0) is 0 Å². The fourth-order valence-corrected chi connectivity index (χ4v) is 1.52. The Bertz CT molecular complexity index is 431. The van der Waals surface area contributed by atoms with Crippen molar-refractivity contribution in [2.45, 2.75) is 13.0 Å². The van der Waals surface area contributed by atoms with Crippen LogP contribution in [0, 0.1) is 0 Å². The van der Waals surface area contributed by atoms with E-state index >= 15 is 0 Å². The van der Waals surface area contributed by atoms with Gasteiger partial charge in [-0.15, -0.1) is 0 Å². The molecule has 1 unspecified atom stereocenters. The Morgan fingerprint density at radius 2 is 2.23 bits per heavy atom. The molecule has 13 heavy (non-hydrogen) atoms. The molecule has 1 aromatic carbocycles. The van der Waals surface area contributed by atoms with E-state index in [1.165, 1.54) is 0 Å². The summed E-state index contributed by atoms with van der Waals surface area (Å²) < 4.78 is 5.25. The second-order valence-electron chi connectivity index (χ2n) is 3.01. The molecule has 1 N–H and O–H groups in total. The van der Waals surface area contributed by atoms with Crippen LogP contribution in [0.2, 0.25) is 5.02 Å². The van der Waals surface area contributed by atoms with Gasteiger partial charge in [-0.25, -0.2) is 0 Å². The summed E-state index contributed by atoms with van der Waals surface area (Å²) in [5, 5.41) is 10.9. The van der Waals surface area contributed by atoms with Crippen LogP contribution in [-0.4, -0.2) is 5.11 Å². The van der Waals surface area contributed by atoms with Gasteiger partial charge in [-0.1, -0.05) is 11.6 Å². The van der Waals surface area contributed by atoms with Crippen LogP contribution in [0.5, 0.6) is 0 Å². The molecule has 0 saturated carbocycles. The number of aliphatic hydroxyl groups excluding tert-OH is 1. The molecule has 0 saturated heterocycles. The van der Waals surface area contributed by atoms with E-state index in [-0.39, 0.29) is 0 Å². The van der Waals surface area contributed by atoms with E-state index in [1.54, 1.807) is 31.4 Å². The molecule has 2 rings (SSSR count). The summed E-state index contributed by atoms with van der Waals surface area (Å²) in [6, 6.07) is 5.35. The maximum atomic E-state index is 9.40. The first-order valence-electron chi connectivity index (χ1n) is 4.03. The van der Waals surface area contributed by atoms with Gasteiger partial charge in [0.2, 0.25) is 0 Å².